The summed E-state index contributed by atoms with van der Waals surface area (Å²) in [6, 6.07) is 0. The van der Waals surface area contributed by atoms with E-state index in [9.17, 15) is 4.79 Å². The molecule has 1 N–H and O–H groups in total. The number of carbonyl (C=O) groups excluding carboxylic acids is 1. The second-order valence-electron chi connectivity index (χ2n) is 4.45. The quantitative estimate of drug-likeness (QED) is 0.776. The molecule has 0 spiro atoms. The van der Waals surface area contributed by atoms with Crippen LogP contribution in [-0.4, -0.2) is 28.8 Å². The molecule has 2 rings (SSSR count). The van der Waals surface area contributed by atoms with E-state index in [0.29, 0.717) is 5.92 Å². The highest BCUT2D eigenvalue weighted by atomic mass is 35.5. The number of nitrogens with one attached hydrogen (secondary N) is 1. The van der Waals surface area contributed by atoms with Crippen molar-refractivity contribution in [2.24, 2.45) is 5.92 Å². The molecule has 2 aliphatic rings. The Kier molecular flexibility index (Phi) is 4.21. The summed E-state index contributed by atoms with van der Waals surface area (Å²) < 4.78 is 0. The van der Waals surface area contributed by atoms with Crippen LogP contribution >= 0.6 is 23.4 Å². The maximum atomic E-state index is 11.7. The zero-order valence-corrected chi connectivity index (χ0v) is 10.4. The summed E-state index contributed by atoms with van der Waals surface area (Å²) in [6.45, 7) is 0.782. The van der Waals surface area contributed by atoms with Gasteiger partial charge in [0, 0.05) is 11.9 Å². The van der Waals surface area contributed by atoms with Gasteiger partial charge in [-0.3, -0.25) is 4.79 Å². The fourth-order valence-electron chi connectivity index (χ4n) is 2.35. The van der Waals surface area contributed by atoms with Crippen molar-refractivity contribution in [1.82, 2.24) is 5.32 Å². The SMILES string of the molecule is O=C(NCC1CCCC1Cl)C1CCCS1. The molecule has 0 radical (unpaired) electrons. The summed E-state index contributed by atoms with van der Waals surface area (Å²) in [7, 11) is 0. The Balaban J connectivity index is 1.70. The molecule has 1 amide bonds. The lowest BCUT2D eigenvalue weighted by Crippen LogP contribution is -2.36. The Hall–Kier alpha value is 0.110. The molecule has 2 nitrogen and oxygen atoms in total. The third kappa shape index (κ3) is 3.04. The topological polar surface area (TPSA) is 29.1 Å². The molecular weight excluding hydrogens is 230 g/mol. The van der Waals surface area contributed by atoms with Gasteiger partial charge in [-0.1, -0.05) is 6.42 Å². The van der Waals surface area contributed by atoms with E-state index in [1.807, 2.05) is 0 Å². The van der Waals surface area contributed by atoms with Crippen molar-refractivity contribution >= 4 is 29.3 Å². The molecule has 2 fully saturated rings. The smallest absolute Gasteiger partial charge is 0.233 e. The van der Waals surface area contributed by atoms with E-state index in [2.05, 4.69) is 5.32 Å². The zero-order chi connectivity index (χ0) is 10.7. The van der Waals surface area contributed by atoms with E-state index in [0.717, 1.165) is 25.1 Å². The van der Waals surface area contributed by atoms with Gasteiger partial charge in [0.2, 0.25) is 5.91 Å². The van der Waals surface area contributed by atoms with Crippen LogP contribution in [-0.2, 0) is 4.79 Å². The number of halogens is 1. The minimum Gasteiger partial charge on any atom is -0.355 e. The van der Waals surface area contributed by atoms with Gasteiger partial charge in [0.05, 0.1) is 5.25 Å². The van der Waals surface area contributed by atoms with E-state index < -0.39 is 0 Å². The summed E-state index contributed by atoms with van der Waals surface area (Å²) in [4.78, 5) is 11.7. The van der Waals surface area contributed by atoms with Gasteiger partial charge in [-0.25, -0.2) is 0 Å². The minimum atomic E-state index is 0.208. The lowest BCUT2D eigenvalue weighted by molar-refractivity contribution is -0.120. The van der Waals surface area contributed by atoms with E-state index in [1.165, 1.54) is 19.3 Å². The molecule has 1 aliphatic heterocycles. The summed E-state index contributed by atoms with van der Waals surface area (Å²) in [5.74, 6) is 1.87. The van der Waals surface area contributed by atoms with Crippen molar-refractivity contribution < 1.29 is 4.79 Å². The predicted molar refractivity (Wildman–Crippen MR) is 65.5 cm³/mol. The lowest BCUT2D eigenvalue weighted by atomic mass is 10.1. The van der Waals surface area contributed by atoms with Crippen molar-refractivity contribution in [1.29, 1.82) is 0 Å². The van der Waals surface area contributed by atoms with Crippen LogP contribution in [0.25, 0.3) is 0 Å². The molecule has 3 atom stereocenters. The van der Waals surface area contributed by atoms with Crippen LogP contribution in [0.5, 0.6) is 0 Å². The standard InChI is InChI=1S/C11H18ClNOS/c12-9-4-1-3-8(9)7-13-11(14)10-5-2-6-15-10/h8-10H,1-7H2,(H,13,14). The molecular formula is C11H18ClNOS. The zero-order valence-electron chi connectivity index (χ0n) is 8.88. The molecule has 3 unspecified atom stereocenters. The normalized spacial score (nSPS) is 35.7. The summed E-state index contributed by atoms with van der Waals surface area (Å²) >= 11 is 7.95. The first kappa shape index (κ1) is 11.6. The molecule has 1 saturated heterocycles. The van der Waals surface area contributed by atoms with Gasteiger partial charge >= 0.3 is 0 Å². The van der Waals surface area contributed by atoms with Crippen LogP contribution in [0.15, 0.2) is 0 Å². The number of carbonyl (C=O) groups is 1. The second-order valence-corrected chi connectivity index (χ2v) is 6.32. The van der Waals surface area contributed by atoms with Gasteiger partial charge in [0.25, 0.3) is 0 Å². The van der Waals surface area contributed by atoms with Gasteiger partial charge in [0.1, 0.15) is 0 Å². The van der Waals surface area contributed by atoms with Crippen LogP contribution in [0.2, 0.25) is 0 Å². The van der Waals surface area contributed by atoms with Crippen molar-refractivity contribution in [3.63, 3.8) is 0 Å². The van der Waals surface area contributed by atoms with Crippen LogP contribution in [0.3, 0.4) is 0 Å². The van der Waals surface area contributed by atoms with Gasteiger partial charge in [0.15, 0.2) is 0 Å². The monoisotopic (exact) mass is 247 g/mol. The highest BCUT2D eigenvalue weighted by Crippen LogP contribution is 2.30. The van der Waals surface area contributed by atoms with Crippen molar-refractivity contribution in [3.8, 4) is 0 Å². The Morgan fingerprint density at radius 1 is 1.33 bits per heavy atom. The highest BCUT2D eigenvalue weighted by molar-refractivity contribution is 8.00. The third-order valence-corrected chi connectivity index (χ3v) is 5.28. The number of alkyl halides is 1. The Morgan fingerprint density at radius 2 is 2.20 bits per heavy atom. The van der Waals surface area contributed by atoms with Crippen LogP contribution in [0.1, 0.15) is 32.1 Å². The second kappa shape index (κ2) is 5.44. The molecule has 0 aromatic heterocycles. The third-order valence-electron chi connectivity index (χ3n) is 3.33. The molecule has 1 heterocycles. The molecule has 15 heavy (non-hydrogen) atoms. The Morgan fingerprint density at radius 3 is 2.80 bits per heavy atom. The number of rotatable bonds is 3. The first-order valence-electron chi connectivity index (χ1n) is 5.81. The number of hydrogen-bond acceptors (Lipinski definition) is 2. The van der Waals surface area contributed by atoms with E-state index >= 15 is 0 Å². The van der Waals surface area contributed by atoms with Gasteiger partial charge < -0.3 is 5.32 Å². The molecule has 0 aromatic rings. The molecule has 1 aliphatic carbocycles. The predicted octanol–water partition coefficient (Wildman–Crippen LogP) is 2.41. The fourth-order valence-corrected chi connectivity index (χ4v) is 3.91. The Labute approximate surface area is 101 Å². The lowest BCUT2D eigenvalue weighted by Gasteiger charge is -2.16. The van der Waals surface area contributed by atoms with Gasteiger partial charge in [-0.05, 0) is 37.4 Å². The average molecular weight is 248 g/mol. The fraction of sp³-hybridized carbons (Fsp3) is 0.909. The number of thioether (sulfide) groups is 1. The van der Waals surface area contributed by atoms with Crippen molar-refractivity contribution in [2.75, 3.05) is 12.3 Å². The summed E-state index contributed by atoms with van der Waals surface area (Å²) in [6.07, 6.45) is 5.73. The maximum absolute atomic E-state index is 11.7. The number of hydrogen-bond donors (Lipinski definition) is 1. The minimum absolute atomic E-state index is 0.208. The van der Waals surface area contributed by atoms with Crippen molar-refractivity contribution in [2.45, 2.75) is 42.7 Å². The van der Waals surface area contributed by atoms with E-state index in [-0.39, 0.29) is 16.5 Å². The summed E-state index contributed by atoms with van der Waals surface area (Å²) in [5.41, 5.74) is 0. The summed E-state index contributed by atoms with van der Waals surface area (Å²) in [5, 5.41) is 3.54. The van der Waals surface area contributed by atoms with Gasteiger partial charge in [-0.15, -0.1) is 23.4 Å². The molecule has 0 aromatic carbocycles. The molecule has 1 saturated carbocycles. The molecule has 86 valence electrons. The maximum Gasteiger partial charge on any atom is 0.233 e. The largest absolute Gasteiger partial charge is 0.355 e. The first-order chi connectivity index (χ1) is 7.27. The molecule has 0 bridgehead atoms. The van der Waals surface area contributed by atoms with Gasteiger partial charge in [-0.2, -0.15) is 0 Å². The Bertz CT molecular complexity index is 231. The molecule has 4 heteroatoms. The van der Waals surface area contributed by atoms with Crippen molar-refractivity contribution in [3.05, 3.63) is 0 Å². The van der Waals surface area contributed by atoms with E-state index in [4.69, 9.17) is 11.6 Å². The van der Waals surface area contributed by atoms with Crippen LogP contribution in [0, 0.1) is 5.92 Å². The van der Waals surface area contributed by atoms with Crippen LogP contribution in [0.4, 0.5) is 0 Å². The van der Waals surface area contributed by atoms with E-state index in [1.54, 1.807) is 11.8 Å². The number of amides is 1. The first-order valence-corrected chi connectivity index (χ1v) is 7.29. The van der Waals surface area contributed by atoms with Crippen LogP contribution < -0.4 is 5.32 Å². The highest BCUT2D eigenvalue weighted by Gasteiger charge is 2.28. The average Bonchev–Trinajstić information content (AvgIpc) is 2.85.